The molecule has 6 nitrogen and oxygen atoms in total. The summed E-state index contributed by atoms with van der Waals surface area (Å²) in [6.07, 6.45) is 4.85. The van der Waals surface area contributed by atoms with Crippen molar-refractivity contribution in [2.75, 3.05) is 31.6 Å². The van der Waals surface area contributed by atoms with Crippen LogP contribution in [-0.4, -0.2) is 60.4 Å². The number of fused-ring (bicyclic) bond motifs is 3. The summed E-state index contributed by atoms with van der Waals surface area (Å²) in [5, 5.41) is 0. The van der Waals surface area contributed by atoms with Crippen molar-refractivity contribution >= 4 is 17.5 Å². The fourth-order valence-corrected chi connectivity index (χ4v) is 5.30. The van der Waals surface area contributed by atoms with E-state index in [1.807, 2.05) is 41.0 Å². The van der Waals surface area contributed by atoms with Crippen molar-refractivity contribution in [2.24, 2.45) is 0 Å². The number of amides is 2. The summed E-state index contributed by atoms with van der Waals surface area (Å²) in [4.78, 5) is 32.6. The molecule has 2 aromatic rings. The molecule has 2 aliphatic rings. The second-order valence-corrected chi connectivity index (χ2v) is 9.55. The van der Waals surface area contributed by atoms with E-state index in [-0.39, 0.29) is 36.7 Å². The van der Waals surface area contributed by atoms with Gasteiger partial charge in [-0.1, -0.05) is 37.6 Å². The number of hydrogen-bond donors (Lipinski definition) is 0. The van der Waals surface area contributed by atoms with Gasteiger partial charge in [-0.05, 0) is 50.1 Å². The molecule has 0 radical (unpaired) electrons. The molecule has 2 heterocycles. The zero-order chi connectivity index (χ0) is 24.8. The van der Waals surface area contributed by atoms with Crippen LogP contribution < -0.4 is 9.64 Å². The van der Waals surface area contributed by atoms with Gasteiger partial charge in [0.2, 0.25) is 11.8 Å². The maximum absolute atomic E-state index is 13.5. The van der Waals surface area contributed by atoms with Crippen LogP contribution in [0.2, 0.25) is 0 Å². The van der Waals surface area contributed by atoms with Gasteiger partial charge in [0.1, 0.15) is 11.6 Å². The predicted molar refractivity (Wildman–Crippen MR) is 135 cm³/mol. The van der Waals surface area contributed by atoms with Crippen molar-refractivity contribution in [2.45, 2.75) is 64.1 Å². The van der Waals surface area contributed by atoms with Crippen LogP contribution in [0.1, 0.15) is 51.0 Å². The Hall–Kier alpha value is -2.93. The minimum atomic E-state index is -0.362. The summed E-state index contributed by atoms with van der Waals surface area (Å²) in [5.74, 6) is 0.162. The van der Waals surface area contributed by atoms with Crippen LogP contribution in [0.3, 0.4) is 0 Å². The predicted octanol–water partition coefficient (Wildman–Crippen LogP) is 4.62. The Morgan fingerprint density at radius 3 is 2.63 bits per heavy atom. The molecule has 2 aromatic carbocycles. The molecule has 0 aliphatic carbocycles. The highest BCUT2D eigenvalue weighted by atomic mass is 19.1. The molecule has 2 bridgehead atoms. The lowest BCUT2D eigenvalue weighted by Crippen LogP contribution is -2.50. The van der Waals surface area contributed by atoms with Crippen molar-refractivity contribution in [1.29, 1.82) is 0 Å². The van der Waals surface area contributed by atoms with Gasteiger partial charge < -0.3 is 14.5 Å². The van der Waals surface area contributed by atoms with Crippen molar-refractivity contribution in [3.63, 3.8) is 0 Å². The minimum absolute atomic E-state index is 0.000607. The normalized spacial score (nSPS) is 21.1. The van der Waals surface area contributed by atoms with E-state index in [9.17, 15) is 14.0 Å². The second-order valence-electron chi connectivity index (χ2n) is 9.55. The Bertz CT molecular complexity index is 1030. The van der Waals surface area contributed by atoms with Gasteiger partial charge in [-0.2, -0.15) is 0 Å². The average molecular weight is 482 g/mol. The summed E-state index contributed by atoms with van der Waals surface area (Å²) in [7, 11) is 2.15. The maximum Gasteiger partial charge on any atom is 0.226 e. The maximum atomic E-state index is 13.5. The van der Waals surface area contributed by atoms with Crippen molar-refractivity contribution in [1.82, 2.24) is 9.80 Å². The number of halogens is 1. The molecule has 35 heavy (non-hydrogen) atoms. The van der Waals surface area contributed by atoms with Crippen LogP contribution in [0.4, 0.5) is 10.1 Å². The van der Waals surface area contributed by atoms with Crippen molar-refractivity contribution < 1.29 is 18.7 Å². The lowest BCUT2D eigenvalue weighted by molar-refractivity contribution is -0.133. The number of para-hydroxylation sites is 1. The molecule has 0 saturated carbocycles. The van der Waals surface area contributed by atoms with Gasteiger partial charge >= 0.3 is 0 Å². The molecule has 0 aromatic heterocycles. The first-order chi connectivity index (χ1) is 17.0. The van der Waals surface area contributed by atoms with Crippen LogP contribution in [0.15, 0.2) is 48.5 Å². The quantitative estimate of drug-likeness (QED) is 0.625. The second kappa shape index (κ2) is 11.7. The van der Waals surface area contributed by atoms with E-state index < -0.39 is 0 Å². The van der Waals surface area contributed by atoms with Crippen LogP contribution in [0, 0.1) is 5.82 Å². The van der Waals surface area contributed by atoms with Gasteiger partial charge in [0, 0.05) is 49.9 Å². The summed E-state index contributed by atoms with van der Waals surface area (Å²) in [6, 6.07) is 14.6. The highest BCUT2D eigenvalue weighted by Crippen LogP contribution is 2.30. The fourth-order valence-electron chi connectivity index (χ4n) is 5.30. The van der Waals surface area contributed by atoms with Crippen molar-refractivity contribution in [3.05, 3.63) is 59.9 Å². The summed E-state index contributed by atoms with van der Waals surface area (Å²) in [5.41, 5.74) is 1.88. The van der Waals surface area contributed by atoms with Crippen molar-refractivity contribution in [3.8, 4) is 5.75 Å². The first kappa shape index (κ1) is 25.2. The molecule has 1 saturated heterocycles. The number of hydrogen-bond acceptors (Lipinski definition) is 4. The monoisotopic (exact) mass is 481 g/mol. The Balaban J connectivity index is 1.57. The van der Waals surface area contributed by atoms with Crippen LogP contribution in [0.5, 0.6) is 5.75 Å². The summed E-state index contributed by atoms with van der Waals surface area (Å²) in [6.45, 7) is 3.84. The zero-order valence-corrected chi connectivity index (χ0v) is 20.8. The van der Waals surface area contributed by atoms with Gasteiger partial charge in [0.15, 0.2) is 0 Å². The molecule has 1 fully saturated rings. The van der Waals surface area contributed by atoms with Crippen LogP contribution in [0.25, 0.3) is 0 Å². The Kier molecular flexibility index (Phi) is 8.39. The van der Waals surface area contributed by atoms with E-state index in [1.54, 1.807) is 12.1 Å². The number of nitrogens with zero attached hydrogens (tertiary/aromatic N) is 3. The SMILES string of the molecule is CCC(=O)N1CCC2CCCC(CN(C(=O)CCOc3cccc(F)c3)Cc3ccccc31)N2C. The molecule has 2 aliphatic heterocycles. The number of rotatable bonds is 5. The molecule has 4 rings (SSSR count). The third-order valence-electron chi connectivity index (χ3n) is 7.32. The Labute approximate surface area is 207 Å². The van der Waals surface area contributed by atoms with Crippen LogP contribution >= 0.6 is 0 Å². The highest BCUT2D eigenvalue weighted by Gasteiger charge is 2.32. The first-order valence-electron chi connectivity index (χ1n) is 12.7. The molecule has 0 spiro atoms. The topological polar surface area (TPSA) is 53.1 Å². The average Bonchev–Trinajstić information content (AvgIpc) is 2.86. The molecular weight excluding hydrogens is 445 g/mol. The minimum Gasteiger partial charge on any atom is -0.493 e. The summed E-state index contributed by atoms with van der Waals surface area (Å²) < 4.78 is 19.1. The largest absolute Gasteiger partial charge is 0.493 e. The van der Waals surface area contributed by atoms with Gasteiger partial charge in [-0.25, -0.2) is 4.39 Å². The fraction of sp³-hybridized carbons (Fsp3) is 0.500. The standard InChI is InChI=1S/C28H36FN3O3/c1-3-27(33)32-16-14-23-10-7-11-24(30(23)2)20-31(19-21-8-4-5-13-26(21)32)28(34)15-17-35-25-12-6-9-22(29)18-25/h4-6,8-9,12-13,18,23-24H,3,7,10-11,14-17,19-20H2,1-2H3. The van der Waals surface area contributed by atoms with Gasteiger partial charge in [0.25, 0.3) is 0 Å². The van der Waals surface area contributed by atoms with Gasteiger partial charge in [0.05, 0.1) is 13.0 Å². The van der Waals surface area contributed by atoms with Gasteiger partial charge in [-0.15, -0.1) is 0 Å². The van der Waals surface area contributed by atoms with E-state index in [1.165, 1.54) is 12.1 Å². The molecule has 0 N–H and O–H groups in total. The number of piperidine rings is 1. The smallest absolute Gasteiger partial charge is 0.226 e. The first-order valence-corrected chi connectivity index (χ1v) is 12.7. The van der Waals surface area contributed by atoms with E-state index in [0.717, 1.165) is 36.9 Å². The van der Waals surface area contributed by atoms with E-state index in [2.05, 4.69) is 11.9 Å². The third kappa shape index (κ3) is 6.20. The van der Waals surface area contributed by atoms with E-state index in [0.29, 0.717) is 37.8 Å². The number of anilines is 1. The number of benzene rings is 2. The van der Waals surface area contributed by atoms with Crippen LogP contribution in [-0.2, 0) is 16.1 Å². The van der Waals surface area contributed by atoms with Gasteiger partial charge in [-0.3, -0.25) is 14.5 Å². The third-order valence-corrected chi connectivity index (χ3v) is 7.32. The highest BCUT2D eigenvalue weighted by molar-refractivity contribution is 5.94. The number of carbonyl (C=O) groups is 2. The molecule has 2 unspecified atom stereocenters. The summed E-state index contributed by atoms with van der Waals surface area (Å²) >= 11 is 0. The van der Waals surface area contributed by atoms with E-state index >= 15 is 0 Å². The molecular formula is C28H36FN3O3. The zero-order valence-electron chi connectivity index (χ0n) is 20.8. The molecule has 2 amide bonds. The lowest BCUT2D eigenvalue weighted by Gasteiger charge is -2.42. The Morgan fingerprint density at radius 1 is 1.03 bits per heavy atom. The molecule has 7 heteroatoms. The number of ether oxygens (including phenoxy) is 1. The number of likely N-dealkylation sites (N-methyl/N-ethyl adjacent to an activating group) is 1. The number of carbonyl (C=O) groups excluding carboxylic acids is 2. The molecule has 2 atom stereocenters. The van der Waals surface area contributed by atoms with E-state index in [4.69, 9.17) is 4.74 Å². The Morgan fingerprint density at radius 2 is 1.83 bits per heavy atom. The lowest BCUT2D eigenvalue weighted by atomic mass is 9.93. The molecule has 188 valence electrons.